The molecule has 1 spiro atoms. The molecule has 0 radical (unpaired) electrons. The highest BCUT2D eigenvalue weighted by molar-refractivity contribution is 6.06. The van der Waals surface area contributed by atoms with Crippen LogP contribution in [0.2, 0.25) is 0 Å². The van der Waals surface area contributed by atoms with Crippen LogP contribution in [-0.4, -0.2) is 34.0 Å². The van der Waals surface area contributed by atoms with E-state index in [4.69, 9.17) is 0 Å². The molecule has 108 valence electrons. The molecule has 2 fully saturated rings. The average Bonchev–Trinajstić information content (AvgIpc) is 2.64. The van der Waals surface area contributed by atoms with Crippen LogP contribution in [0.5, 0.6) is 0 Å². The standard InChI is InChI=1S/C15H25NO3/c1-3-15(19,4-2)11-16-12(17)10-14(13(16)18)8-6-5-7-9-14/h19H,3-11H2,1-2H3. The predicted molar refractivity (Wildman–Crippen MR) is 72.4 cm³/mol. The first-order chi connectivity index (χ1) is 8.96. The second-order valence-corrected chi connectivity index (χ2v) is 6.23. The molecule has 4 heteroatoms. The molecule has 0 unspecified atom stereocenters. The molecule has 1 saturated carbocycles. The van der Waals surface area contributed by atoms with Gasteiger partial charge in [-0.15, -0.1) is 0 Å². The molecule has 2 amide bonds. The minimum Gasteiger partial charge on any atom is -0.388 e. The van der Waals surface area contributed by atoms with Crippen molar-refractivity contribution in [1.29, 1.82) is 0 Å². The third-order valence-corrected chi connectivity index (χ3v) is 5.07. The van der Waals surface area contributed by atoms with Gasteiger partial charge in [0, 0.05) is 6.42 Å². The summed E-state index contributed by atoms with van der Waals surface area (Å²) in [4.78, 5) is 26.1. The van der Waals surface area contributed by atoms with Gasteiger partial charge in [-0.25, -0.2) is 0 Å². The molecule has 0 aromatic rings. The number of aliphatic hydroxyl groups is 1. The van der Waals surface area contributed by atoms with E-state index in [1.54, 1.807) is 0 Å². The second kappa shape index (κ2) is 5.23. The Morgan fingerprint density at radius 1 is 1.16 bits per heavy atom. The van der Waals surface area contributed by atoms with Crippen LogP contribution in [0.1, 0.15) is 65.2 Å². The van der Waals surface area contributed by atoms with Gasteiger partial charge in [-0.1, -0.05) is 33.1 Å². The van der Waals surface area contributed by atoms with Crippen LogP contribution in [0.15, 0.2) is 0 Å². The Morgan fingerprint density at radius 3 is 2.26 bits per heavy atom. The lowest BCUT2D eigenvalue weighted by atomic mass is 9.73. The predicted octanol–water partition coefficient (Wildman–Crippen LogP) is 2.25. The van der Waals surface area contributed by atoms with Crippen LogP contribution < -0.4 is 0 Å². The molecule has 4 nitrogen and oxygen atoms in total. The molecule has 1 heterocycles. The van der Waals surface area contributed by atoms with E-state index in [0.29, 0.717) is 19.3 Å². The van der Waals surface area contributed by atoms with Gasteiger partial charge >= 0.3 is 0 Å². The number of β-amino-alcohol motifs (C(OH)–C–C–N with tert-alkyl or cyclic N) is 1. The van der Waals surface area contributed by atoms with Crippen molar-refractivity contribution in [2.45, 2.75) is 70.8 Å². The molecule has 0 atom stereocenters. The zero-order chi connectivity index (χ0) is 14.1. The summed E-state index contributed by atoms with van der Waals surface area (Å²) < 4.78 is 0. The summed E-state index contributed by atoms with van der Waals surface area (Å²) in [5.41, 5.74) is -1.36. The molecule has 1 saturated heterocycles. The Morgan fingerprint density at radius 2 is 1.74 bits per heavy atom. The van der Waals surface area contributed by atoms with Gasteiger partial charge in [-0.2, -0.15) is 0 Å². The van der Waals surface area contributed by atoms with E-state index >= 15 is 0 Å². The number of carbonyl (C=O) groups is 2. The number of amides is 2. The lowest BCUT2D eigenvalue weighted by Gasteiger charge is -2.33. The Hall–Kier alpha value is -0.900. The average molecular weight is 267 g/mol. The van der Waals surface area contributed by atoms with Crippen molar-refractivity contribution in [3.63, 3.8) is 0 Å². The van der Waals surface area contributed by atoms with Gasteiger partial charge in [-0.05, 0) is 25.7 Å². The second-order valence-electron chi connectivity index (χ2n) is 6.23. The molecular formula is C15H25NO3. The van der Waals surface area contributed by atoms with Crippen LogP contribution in [-0.2, 0) is 9.59 Å². The zero-order valence-corrected chi connectivity index (χ0v) is 12.1. The first-order valence-corrected chi connectivity index (χ1v) is 7.53. The molecule has 0 aromatic heterocycles. The maximum absolute atomic E-state index is 12.6. The van der Waals surface area contributed by atoms with Crippen LogP contribution in [0.3, 0.4) is 0 Å². The smallest absolute Gasteiger partial charge is 0.236 e. The Labute approximate surface area is 115 Å². The molecular weight excluding hydrogens is 242 g/mol. The fraction of sp³-hybridized carbons (Fsp3) is 0.867. The summed E-state index contributed by atoms with van der Waals surface area (Å²) in [7, 11) is 0. The normalized spacial score (nSPS) is 23.4. The summed E-state index contributed by atoms with van der Waals surface area (Å²) in [5, 5.41) is 10.4. The van der Waals surface area contributed by atoms with Gasteiger partial charge in [-0.3, -0.25) is 14.5 Å². The van der Waals surface area contributed by atoms with Gasteiger partial charge in [0.05, 0.1) is 17.6 Å². The number of imide groups is 1. The van der Waals surface area contributed by atoms with Crippen molar-refractivity contribution in [2.75, 3.05) is 6.54 Å². The third-order valence-electron chi connectivity index (χ3n) is 5.07. The molecule has 2 aliphatic rings. The highest BCUT2D eigenvalue weighted by Gasteiger charge is 2.52. The first-order valence-electron chi connectivity index (χ1n) is 7.53. The van der Waals surface area contributed by atoms with Crippen LogP contribution in [0.25, 0.3) is 0 Å². The van der Waals surface area contributed by atoms with Gasteiger partial charge in [0.15, 0.2) is 0 Å². The maximum Gasteiger partial charge on any atom is 0.236 e. The van der Waals surface area contributed by atoms with E-state index in [2.05, 4.69) is 0 Å². The lowest BCUT2D eigenvalue weighted by Crippen LogP contribution is -2.46. The van der Waals surface area contributed by atoms with Crippen LogP contribution in [0, 0.1) is 5.41 Å². The van der Waals surface area contributed by atoms with Crippen molar-refractivity contribution in [3.8, 4) is 0 Å². The molecule has 0 bridgehead atoms. The number of nitrogens with zero attached hydrogens (tertiary/aromatic N) is 1. The quantitative estimate of drug-likeness (QED) is 0.795. The van der Waals surface area contributed by atoms with Crippen molar-refractivity contribution < 1.29 is 14.7 Å². The van der Waals surface area contributed by atoms with Gasteiger partial charge < -0.3 is 5.11 Å². The van der Waals surface area contributed by atoms with E-state index in [1.165, 1.54) is 4.90 Å². The topological polar surface area (TPSA) is 57.6 Å². The van der Waals surface area contributed by atoms with E-state index in [1.807, 2.05) is 13.8 Å². The molecule has 1 aliphatic heterocycles. The Balaban J connectivity index is 2.14. The summed E-state index contributed by atoms with van der Waals surface area (Å²) in [5.74, 6) is -0.121. The van der Waals surface area contributed by atoms with E-state index in [-0.39, 0.29) is 18.4 Å². The number of hydrogen-bond donors (Lipinski definition) is 1. The summed E-state index contributed by atoms with van der Waals surface area (Å²) in [6.07, 6.45) is 6.40. The van der Waals surface area contributed by atoms with E-state index in [0.717, 1.165) is 32.1 Å². The van der Waals surface area contributed by atoms with Gasteiger partial charge in [0.1, 0.15) is 0 Å². The number of likely N-dealkylation sites (tertiary alicyclic amines) is 1. The highest BCUT2D eigenvalue weighted by atomic mass is 16.3. The monoisotopic (exact) mass is 267 g/mol. The molecule has 0 aromatic carbocycles. The van der Waals surface area contributed by atoms with Crippen molar-refractivity contribution in [1.82, 2.24) is 4.90 Å². The molecule has 19 heavy (non-hydrogen) atoms. The fourth-order valence-corrected chi connectivity index (χ4v) is 3.41. The number of hydrogen-bond acceptors (Lipinski definition) is 3. The largest absolute Gasteiger partial charge is 0.388 e. The van der Waals surface area contributed by atoms with E-state index < -0.39 is 11.0 Å². The molecule has 1 N–H and O–H groups in total. The SMILES string of the molecule is CCC(O)(CC)CN1C(=O)CC2(CCCCC2)C1=O. The Kier molecular flexibility index (Phi) is 4.00. The fourth-order valence-electron chi connectivity index (χ4n) is 3.41. The summed E-state index contributed by atoms with van der Waals surface area (Å²) >= 11 is 0. The minimum absolute atomic E-state index is 0.0301. The maximum atomic E-state index is 12.6. The number of rotatable bonds is 4. The number of carbonyl (C=O) groups excluding carboxylic acids is 2. The van der Waals surface area contributed by atoms with Crippen molar-refractivity contribution in [2.24, 2.45) is 5.41 Å². The zero-order valence-electron chi connectivity index (χ0n) is 12.1. The molecule has 2 rings (SSSR count). The minimum atomic E-state index is -0.925. The van der Waals surface area contributed by atoms with Crippen molar-refractivity contribution >= 4 is 11.8 Å². The van der Waals surface area contributed by atoms with Gasteiger partial charge in [0.25, 0.3) is 0 Å². The first kappa shape index (κ1) is 14.5. The van der Waals surface area contributed by atoms with Crippen LogP contribution in [0.4, 0.5) is 0 Å². The highest BCUT2D eigenvalue weighted by Crippen LogP contribution is 2.45. The Bertz CT molecular complexity index is 368. The van der Waals surface area contributed by atoms with Crippen LogP contribution >= 0.6 is 0 Å². The molecule has 1 aliphatic carbocycles. The van der Waals surface area contributed by atoms with Gasteiger partial charge in [0.2, 0.25) is 11.8 Å². The third kappa shape index (κ3) is 2.55. The van der Waals surface area contributed by atoms with E-state index in [9.17, 15) is 14.7 Å². The summed E-state index contributed by atoms with van der Waals surface area (Å²) in [6.45, 7) is 3.95. The lowest BCUT2D eigenvalue weighted by molar-refractivity contribution is -0.146. The van der Waals surface area contributed by atoms with Crippen molar-refractivity contribution in [3.05, 3.63) is 0 Å². The summed E-state index contributed by atoms with van der Waals surface area (Å²) in [6, 6.07) is 0.